The smallest absolute Gasteiger partial charge is 0.144 e. The van der Waals surface area contributed by atoms with Crippen molar-refractivity contribution in [3.8, 4) is 6.07 Å². The molecule has 0 heterocycles. The Morgan fingerprint density at radius 1 is 1.62 bits per heavy atom. The first-order valence-corrected chi connectivity index (χ1v) is 4.65. The van der Waals surface area contributed by atoms with Gasteiger partial charge in [-0.2, -0.15) is 5.26 Å². The van der Waals surface area contributed by atoms with E-state index in [4.69, 9.17) is 5.26 Å². The van der Waals surface area contributed by atoms with Crippen molar-refractivity contribution >= 4 is 5.78 Å². The van der Waals surface area contributed by atoms with E-state index in [0.717, 1.165) is 6.42 Å². The van der Waals surface area contributed by atoms with E-state index in [9.17, 15) is 4.79 Å². The number of nitrogens with zero attached hydrogens (tertiary/aromatic N) is 1. The highest BCUT2D eigenvalue weighted by Crippen LogP contribution is 2.59. The molecule has 2 nitrogen and oxygen atoms in total. The predicted molar refractivity (Wildman–Crippen MR) is 48.7 cm³/mol. The Kier molecular flexibility index (Phi) is 1.46. The molecule has 0 amide bonds. The van der Waals surface area contributed by atoms with Gasteiger partial charge >= 0.3 is 0 Å². The summed E-state index contributed by atoms with van der Waals surface area (Å²) in [5.74, 6) is 0.135. The van der Waals surface area contributed by atoms with Crippen LogP contribution in [0.25, 0.3) is 0 Å². The summed E-state index contributed by atoms with van der Waals surface area (Å²) in [6.45, 7) is 4.03. The average Bonchev–Trinajstić information content (AvgIpc) is 2.47. The molecule has 0 unspecified atom stereocenters. The number of rotatable bonds is 0. The minimum atomic E-state index is -0.368. The Hall–Kier alpha value is -1.10. The van der Waals surface area contributed by atoms with Crippen molar-refractivity contribution < 1.29 is 4.79 Å². The first kappa shape index (κ1) is 8.50. The second-order valence-electron chi connectivity index (χ2n) is 4.54. The number of allylic oxidation sites excluding steroid dienone is 2. The average molecular weight is 175 g/mol. The standard InChI is InChI=1S/C11H13NO/c1-10-4-3-5-11(10,2)9(13)6-8(10)7-12/h3,5,8H,4,6H2,1-2H3/t8-,10-,11+/m0/s1. The van der Waals surface area contributed by atoms with Crippen molar-refractivity contribution in [3.63, 3.8) is 0 Å². The number of fused-ring (bicyclic) bond motifs is 1. The van der Waals surface area contributed by atoms with Gasteiger partial charge < -0.3 is 0 Å². The van der Waals surface area contributed by atoms with Gasteiger partial charge in [0.15, 0.2) is 0 Å². The molecule has 2 aliphatic rings. The number of carbonyl (C=O) groups is 1. The molecular weight excluding hydrogens is 162 g/mol. The van der Waals surface area contributed by atoms with E-state index in [1.807, 2.05) is 19.1 Å². The van der Waals surface area contributed by atoms with Crippen molar-refractivity contribution in [2.75, 3.05) is 0 Å². The first-order chi connectivity index (χ1) is 6.04. The fourth-order valence-electron chi connectivity index (χ4n) is 2.67. The summed E-state index contributed by atoms with van der Waals surface area (Å²) in [6, 6.07) is 2.27. The summed E-state index contributed by atoms with van der Waals surface area (Å²) in [4.78, 5) is 11.7. The van der Waals surface area contributed by atoms with Crippen LogP contribution in [0.2, 0.25) is 0 Å². The molecule has 0 radical (unpaired) electrons. The van der Waals surface area contributed by atoms with Crippen LogP contribution in [0.15, 0.2) is 12.2 Å². The van der Waals surface area contributed by atoms with Crippen LogP contribution in [0.1, 0.15) is 26.7 Å². The van der Waals surface area contributed by atoms with Crippen molar-refractivity contribution in [1.29, 1.82) is 5.26 Å². The number of ketones is 1. The van der Waals surface area contributed by atoms with Crippen LogP contribution in [-0.2, 0) is 4.79 Å². The van der Waals surface area contributed by atoms with Crippen molar-refractivity contribution in [3.05, 3.63) is 12.2 Å². The third kappa shape index (κ3) is 0.751. The molecule has 0 aromatic heterocycles. The van der Waals surface area contributed by atoms with Gasteiger partial charge in [-0.15, -0.1) is 0 Å². The summed E-state index contributed by atoms with van der Waals surface area (Å²) in [5, 5.41) is 8.98. The van der Waals surface area contributed by atoms with E-state index in [0.29, 0.717) is 6.42 Å². The predicted octanol–water partition coefficient (Wildman–Crippen LogP) is 2.07. The van der Waals surface area contributed by atoms with Crippen LogP contribution in [0.4, 0.5) is 0 Å². The highest BCUT2D eigenvalue weighted by molar-refractivity contribution is 5.91. The van der Waals surface area contributed by atoms with Crippen LogP contribution in [0.3, 0.4) is 0 Å². The molecule has 0 saturated heterocycles. The van der Waals surface area contributed by atoms with E-state index in [2.05, 4.69) is 13.0 Å². The van der Waals surface area contributed by atoms with Crippen molar-refractivity contribution in [2.45, 2.75) is 26.7 Å². The summed E-state index contributed by atoms with van der Waals surface area (Å²) in [5.41, 5.74) is -0.508. The monoisotopic (exact) mass is 175 g/mol. The molecule has 0 N–H and O–H groups in total. The molecule has 0 bridgehead atoms. The van der Waals surface area contributed by atoms with Gasteiger partial charge in [0.2, 0.25) is 0 Å². The molecule has 2 aliphatic carbocycles. The number of nitriles is 1. The maximum absolute atomic E-state index is 11.7. The lowest BCUT2D eigenvalue weighted by molar-refractivity contribution is -0.125. The molecule has 2 heteroatoms. The molecule has 0 aromatic carbocycles. The normalized spacial score (nSPS) is 47.8. The van der Waals surface area contributed by atoms with Gasteiger partial charge in [-0.1, -0.05) is 19.1 Å². The number of carbonyl (C=O) groups excluding carboxylic acids is 1. The molecule has 68 valence electrons. The van der Waals surface area contributed by atoms with Crippen LogP contribution < -0.4 is 0 Å². The van der Waals surface area contributed by atoms with Crippen molar-refractivity contribution in [2.24, 2.45) is 16.7 Å². The fraction of sp³-hybridized carbons (Fsp3) is 0.636. The fourth-order valence-corrected chi connectivity index (χ4v) is 2.67. The molecule has 3 atom stereocenters. The topological polar surface area (TPSA) is 40.9 Å². The first-order valence-electron chi connectivity index (χ1n) is 4.65. The van der Waals surface area contributed by atoms with Crippen molar-refractivity contribution in [1.82, 2.24) is 0 Å². The molecule has 2 rings (SSSR count). The third-order valence-electron chi connectivity index (χ3n) is 4.07. The Morgan fingerprint density at radius 2 is 2.31 bits per heavy atom. The lowest BCUT2D eigenvalue weighted by Gasteiger charge is -2.34. The lowest BCUT2D eigenvalue weighted by Crippen LogP contribution is -2.34. The van der Waals surface area contributed by atoms with Gasteiger partial charge in [-0.05, 0) is 13.3 Å². The zero-order chi connectivity index (χ0) is 9.69. The molecular formula is C11H13NO. The van der Waals surface area contributed by atoms with Gasteiger partial charge in [-0.25, -0.2) is 0 Å². The molecule has 13 heavy (non-hydrogen) atoms. The van der Waals surface area contributed by atoms with Gasteiger partial charge in [0.25, 0.3) is 0 Å². The van der Waals surface area contributed by atoms with Crippen LogP contribution in [0, 0.1) is 28.1 Å². The summed E-state index contributed by atoms with van der Waals surface area (Å²) >= 11 is 0. The Balaban J connectivity index is 2.51. The maximum Gasteiger partial charge on any atom is 0.144 e. The highest BCUT2D eigenvalue weighted by atomic mass is 16.1. The Labute approximate surface area is 78.2 Å². The second kappa shape index (κ2) is 2.23. The molecule has 0 aromatic rings. The summed E-state index contributed by atoms with van der Waals surface area (Å²) in [7, 11) is 0. The Bertz CT molecular complexity index is 338. The quantitative estimate of drug-likeness (QED) is 0.529. The van der Waals surface area contributed by atoms with E-state index in [1.165, 1.54) is 0 Å². The van der Waals surface area contributed by atoms with Crippen LogP contribution in [-0.4, -0.2) is 5.78 Å². The van der Waals surface area contributed by atoms with E-state index in [-0.39, 0.29) is 22.5 Å². The van der Waals surface area contributed by atoms with Crippen LogP contribution >= 0.6 is 0 Å². The number of hydrogen-bond acceptors (Lipinski definition) is 2. The molecule has 0 aliphatic heterocycles. The van der Waals surface area contributed by atoms with E-state index in [1.54, 1.807) is 0 Å². The molecule has 0 spiro atoms. The van der Waals surface area contributed by atoms with Gasteiger partial charge in [0.1, 0.15) is 5.78 Å². The van der Waals surface area contributed by atoms with Gasteiger partial charge in [0.05, 0.1) is 17.4 Å². The largest absolute Gasteiger partial charge is 0.299 e. The molecule has 1 fully saturated rings. The zero-order valence-electron chi connectivity index (χ0n) is 8.00. The number of Topliss-reactive ketones (excluding diaryl/α,β-unsaturated/α-hetero) is 1. The highest BCUT2D eigenvalue weighted by Gasteiger charge is 2.60. The minimum Gasteiger partial charge on any atom is -0.299 e. The van der Waals surface area contributed by atoms with E-state index >= 15 is 0 Å². The summed E-state index contributed by atoms with van der Waals surface area (Å²) in [6.07, 6.45) is 5.34. The third-order valence-corrected chi connectivity index (χ3v) is 4.07. The maximum atomic E-state index is 11.7. The molecule has 1 saturated carbocycles. The Morgan fingerprint density at radius 3 is 2.92 bits per heavy atom. The van der Waals surface area contributed by atoms with Gasteiger partial charge in [0, 0.05) is 11.8 Å². The minimum absolute atomic E-state index is 0.0972. The second-order valence-corrected chi connectivity index (χ2v) is 4.54. The summed E-state index contributed by atoms with van der Waals surface area (Å²) < 4.78 is 0. The zero-order valence-corrected chi connectivity index (χ0v) is 8.00. The van der Waals surface area contributed by atoms with Crippen LogP contribution in [0.5, 0.6) is 0 Å². The number of hydrogen-bond donors (Lipinski definition) is 0. The SMILES string of the molecule is C[C@@]12CC=C[C@]1(C)C(=O)C[C@H]2C#N. The lowest BCUT2D eigenvalue weighted by atomic mass is 9.66. The van der Waals surface area contributed by atoms with E-state index < -0.39 is 0 Å². The van der Waals surface area contributed by atoms with Gasteiger partial charge in [-0.3, -0.25) is 4.79 Å².